The number of likely N-dealkylation sites (N-methyl/N-ethyl adjacent to an activating group) is 1. The Balaban J connectivity index is 1.87. The van der Waals surface area contributed by atoms with E-state index in [9.17, 15) is 0 Å². The predicted molar refractivity (Wildman–Crippen MR) is 62.5 cm³/mol. The summed E-state index contributed by atoms with van der Waals surface area (Å²) >= 11 is 0. The van der Waals surface area contributed by atoms with Gasteiger partial charge in [0.1, 0.15) is 0 Å². The number of nitrogens with zero attached hydrogens (tertiary/aromatic N) is 3. The molecule has 2 heterocycles. The fourth-order valence-electron chi connectivity index (χ4n) is 2.04. The van der Waals surface area contributed by atoms with E-state index in [-0.39, 0.29) is 6.29 Å². The van der Waals surface area contributed by atoms with Crippen molar-refractivity contribution in [2.75, 3.05) is 19.8 Å². The molecule has 2 rings (SSSR count). The Morgan fingerprint density at radius 3 is 2.88 bits per heavy atom. The highest BCUT2D eigenvalue weighted by atomic mass is 16.7. The molecule has 1 aliphatic heterocycles. The summed E-state index contributed by atoms with van der Waals surface area (Å²) in [6.45, 7) is 4.43. The molecule has 0 bridgehead atoms. The average molecular weight is 240 g/mol. The number of aryl methyl sites for hydroxylation is 1. The van der Waals surface area contributed by atoms with Crippen molar-refractivity contribution in [3.05, 3.63) is 11.9 Å². The molecular weight excluding hydrogens is 220 g/mol. The Morgan fingerprint density at radius 2 is 2.29 bits per heavy atom. The molecule has 96 valence electrons. The Bertz CT molecular complexity index is 336. The van der Waals surface area contributed by atoms with Gasteiger partial charge in [0.2, 0.25) is 0 Å². The molecule has 0 aromatic carbocycles. The van der Waals surface area contributed by atoms with Gasteiger partial charge in [0.05, 0.1) is 18.9 Å². The molecule has 6 heteroatoms. The maximum Gasteiger partial charge on any atom is 0.159 e. The molecule has 1 unspecified atom stereocenters. The summed E-state index contributed by atoms with van der Waals surface area (Å²) in [7, 11) is 1.88. The number of ether oxygens (including phenoxy) is 2. The highest BCUT2D eigenvalue weighted by molar-refractivity contribution is 4.96. The van der Waals surface area contributed by atoms with E-state index in [1.807, 2.05) is 13.2 Å². The van der Waals surface area contributed by atoms with Crippen LogP contribution in [0.5, 0.6) is 0 Å². The van der Waals surface area contributed by atoms with Crippen molar-refractivity contribution in [2.45, 2.75) is 32.1 Å². The van der Waals surface area contributed by atoms with Crippen LogP contribution in [0, 0.1) is 0 Å². The minimum atomic E-state index is -0.0734. The summed E-state index contributed by atoms with van der Waals surface area (Å²) < 4.78 is 12.7. The summed E-state index contributed by atoms with van der Waals surface area (Å²) in [5.74, 6) is 0. The molecule has 0 radical (unpaired) electrons. The van der Waals surface area contributed by atoms with Crippen LogP contribution in [0.3, 0.4) is 0 Å². The maximum atomic E-state index is 5.47. The maximum absolute atomic E-state index is 5.47. The summed E-state index contributed by atoms with van der Waals surface area (Å²) in [4.78, 5) is 0. The number of nitrogens with one attached hydrogen (secondary N) is 1. The lowest BCUT2D eigenvalue weighted by atomic mass is 10.1. The number of hydrogen-bond donors (Lipinski definition) is 1. The molecule has 0 saturated carbocycles. The van der Waals surface area contributed by atoms with Crippen molar-refractivity contribution >= 4 is 0 Å². The normalized spacial score (nSPS) is 18.7. The van der Waals surface area contributed by atoms with E-state index in [1.165, 1.54) is 0 Å². The fourth-order valence-corrected chi connectivity index (χ4v) is 2.04. The molecule has 0 spiro atoms. The zero-order chi connectivity index (χ0) is 12.1. The van der Waals surface area contributed by atoms with Gasteiger partial charge in [-0.3, -0.25) is 4.68 Å². The molecule has 17 heavy (non-hydrogen) atoms. The van der Waals surface area contributed by atoms with Gasteiger partial charge in [0.15, 0.2) is 6.29 Å². The van der Waals surface area contributed by atoms with E-state index < -0.39 is 0 Å². The smallest absolute Gasteiger partial charge is 0.159 e. The minimum absolute atomic E-state index is 0.0734. The first-order valence-electron chi connectivity index (χ1n) is 6.09. The third-order valence-electron chi connectivity index (χ3n) is 2.77. The van der Waals surface area contributed by atoms with E-state index in [4.69, 9.17) is 9.47 Å². The van der Waals surface area contributed by atoms with Crippen molar-refractivity contribution in [1.29, 1.82) is 0 Å². The topological polar surface area (TPSA) is 61.2 Å². The summed E-state index contributed by atoms with van der Waals surface area (Å²) in [5.41, 5.74) is 0.997. The quantitative estimate of drug-likeness (QED) is 0.764. The van der Waals surface area contributed by atoms with Crippen molar-refractivity contribution in [3.63, 3.8) is 0 Å². The molecule has 6 nitrogen and oxygen atoms in total. The molecule has 1 saturated heterocycles. The predicted octanol–water partition coefficient (Wildman–Crippen LogP) is 0.0987. The summed E-state index contributed by atoms with van der Waals surface area (Å²) in [5, 5.41) is 11.5. The second-order valence-electron chi connectivity index (χ2n) is 4.25. The highest BCUT2D eigenvalue weighted by Crippen LogP contribution is 2.13. The standard InChI is InChI=1S/C11H20N4O2/c1-3-12-9(7-11-16-4-5-17-11)6-10-8-15(2)14-13-10/h8-9,11-12H,3-7H2,1-2H3. The van der Waals surface area contributed by atoms with Gasteiger partial charge in [-0.25, -0.2) is 0 Å². The molecule has 0 aliphatic carbocycles. The van der Waals surface area contributed by atoms with Gasteiger partial charge in [-0.1, -0.05) is 12.1 Å². The lowest BCUT2D eigenvalue weighted by molar-refractivity contribution is -0.0526. The van der Waals surface area contributed by atoms with Gasteiger partial charge in [-0.2, -0.15) is 0 Å². The molecule has 1 aromatic heterocycles. The van der Waals surface area contributed by atoms with Crippen molar-refractivity contribution < 1.29 is 9.47 Å². The highest BCUT2D eigenvalue weighted by Gasteiger charge is 2.21. The van der Waals surface area contributed by atoms with Gasteiger partial charge >= 0.3 is 0 Å². The van der Waals surface area contributed by atoms with Crippen LogP contribution in [-0.4, -0.2) is 47.1 Å². The molecule has 1 atom stereocenters. The molecular formula is C11H20N4O2. The molecule has 1 N–H and O–H groups in total. The minimum Gasteiger partial charge on any atom is -0.350 e. The van der Waals surface area contributed by atoms with Crippen LogP contribution in [0.15, 0.2) is 6.20 Å². The van der Waals surface area contributed by atoms with Gasteiger partial charge in [-0.05, 0) is 6.54 Å². The van der Waals surface area contributed by atoms with E-state index in [1.54, 1.807) is 4.68 Å². The van der Waals surface area contributed by atoms with Crippen LogP contribution >= 0.6 is 0 Å². The first kappa shape index (κ1) is 12.5. The van der Waals surface area contributed by atoms with Crippen molar-refractivity contribution in [1.82, 2.24) is 20.3 Å². The third-order valence-corrected chi connectivity index (χ3v) is 2.77. The van der Waals surface area contributed by atoms with Crippen molar-refractivity contribution in [3.8, 4) is 0 Å². The van der Waals surface area contributed by atoms with E-state index >= 15 is 0 Å². The van der Waals surface area contributed by atoms with Crippen LogP contribution in [0.2, 0.25) is 0 Å². The number of aromatic nitrogens is 3. The average Bonchev–Trinajstić information content (AvgIpc) is 2.91. The lowest BCUT2D eigenvalue weighted by Gasteiger charge is -2.19. The summed E-state index contributed by atoms with van der Waals surface area (Å²) in [6.07, 6.45) is 3.58. The van der Waals surface area contributed by atoms with Crippen LogP contribution in [0.25, 0.3) is 0 Å². The fraction of sp³-hybridized carbons (Fsp3) is 0.818. The van der Waals surface area contributed by atoms with Crippen molar-refractivity contribution in [2.24, 2.45) is 7.05 Å². The summed E-state index contributed by atoms with van der Waals surface area (Å²) in [6, 6.07) is 0.319. The first-order chi connectivity index (χ1) is 8.28. The zero-order valence-corrected chi connectivity index (χ0v) is 10.4. The first-order valence-corrected chi connectivity index (χ1v) is 6.09. The van der Waals surface area contributed by atoms with Crippen LogP contribution in [0.4, 0.5) is 0 Å². The molecule has 1 aromatic rings. The Morgan fingerprint density at radius 1 is 1.53 bits per heavy atom. The van der Waals surface area contributed by atoms with Gasteiger partial charge in [0.25, 0.3) is 0 Å². The molecule has 1 fully saturated rings. The zero-order valence-electron chi connectivity index (χ0n) is 10.4. The van der Waals surface area contributed by atoms with E-state index in [0.717, 1.165) is 25.1 Å². The SMILES string of the molecule is CCNC(Cc1cn(C)nn1)CC1OCCO1. The Labute approximate surface area is 101 Å². The van der Waals surface area contributed by atoms with Gasteiger partial charge in [-0.15, -0.1) is 5.10 Å². The van der Waals surface area contributed by atoms with Crippen LogP contribution < -0.4 is 5.32 Å². The Kier molecular flexibility index (Phi) is 4.47. The van der Waals surface area contributed by atoms with Gasteiger partial charge in [0, 0.05) is 32.1 Å². The number of rotatable bonds is 6. The van der Waals surface area contributed by atoms with E-state index in [2.05, 4.69) is 22.6 Å². The largest absolute Gasteiger partial charge is 0.350 e. The van der Waals surface area contributed by atoms with Crippen LogP contribution in [-0.2, 0) is 22.9 Å². The van der Waals surface area contributed by atoms with E-state index in [0.29, 0.717) is 19.3 Å². The lowest BCUT2D eigenvalue weighted by Crippen LogP contribution is -2.35. The monoisotopic (exact) mass is 240 g/mol. The van der Waals surface area contributed by atoms with Gasteiger partial charge < -0.3 is 14.8 Å². The molecule has 1 aliphatic rings. The van der Waals surface area contributed by atoms with Crippen LogP contribution in [0.1, 0.15) is 19.0 Å². The second kappa shape index (κ2) is 6.09. The third kappa shape index (κ3) is 3.76. The Hall–Kier alpha value is -0.980. The molecule has 0 amide bonds. The second-order valence-corrected chi connectivity index (χ2v) is 4.25. The number of hydrogen-bond acceptors (Lipinski definition) is 5.